The molecule has 2 aromatic heterocycles. The van der Waals surface area contributed by atoms with Crippen LogP contribution in [0.15, 0.2) is 47.2 Å². The molecule has 1 amide bonds. The average molecular weight is 539 g/mol. The van der Waals surface area contributed by atoms with E-state index in [9.17, 15) is 4.79 Å². The van der Waals surface area contributed by atoms with Crippen molar-refractivity contribution in [2.24, 2.45) is 0 Å². The number of halogens is 1. The number of nitrogens with one attached hydrogen (secondary N) is 2. The molecule has 1 saturated heterocycles. The Hall–Kier alpha value is -3.40. The highest BCUT2D eigenvalue weighted by Crippen LogP contribution is 2.32. The Bertz CT molecular complexity index is 1370. The number of hydrogen-bond donors (Lipinski definition) is 2. The van der Waals surface area contributed by atoms with Crippen LogP contribution in [0.5, 0.6) is 5.75 Å². The lowest BCUT2D eigenvalue weighted by molar-refractivity contribution is 0.0127. The molecule has 0 radical (unpaired) electrons. The minimum absolute atomic E-state index is 0.0275. The zero-order valence-electron chi connectivity index (χ0n) is 19.8. The van der Waals surface area contributed by atoms with Gasteiger partial charge in [0.2, 0.25) is 5.95 Å². The molecule has 9 nitrogen and oxygen atoms in total. The number of amides is 1. The first-order chi connectivity index (χ1) is 16.7. The summed E-state index contributed by atoms with van der Waals surface area (Å²) in [6, 6.07) is 9.80. The molecule has 182 valence electrons. The van der Waals surface area contributed by atoms with Gasteiger partial charge in [0, 0.05) is 53.1 Å². The van der Waals surface area contributed by atoms with Gasteiger partial charge >= 0.3 is 6.09 Å². The summed E-state index contributed by atoms with van der Waals surface area (Å²) >= 11 is 3.57. The van der Waals surface area contributed by atoms with Crippen molar-refractivity contribution in [2.45, 2.75) is 45.3 Å². The largest absolute Gasteiger partial charge is 0.488 e. The van der Waals surface area contributed by atoms with Gasteiger partial charge in [-0.25, -0.2) is 14.8 Å². The summed E-state index contributed by atoms with van der Waals surface area (Å²) in [6.45, 7) is 6.80. The van der Waals surface area contributed by atoms with Crippen molar-refractivity contribution < 1.29 is 14.3 Å². The van der Waals surface area contributed by atoms with Gasteiger partial charge in [-0.05, 0) is 51.1 Å². The molecule has 1 aliphatic rings. The second-order valence-electron chi connectivity index (χ2n) is 9.62. The number of likely N-dealkylation sites (tertiary alicyclic amines) is 1. The Morgan fingerprint density at radius 2 is 1.94 bits per heavy atom. The third kappa shape index (κ3) is 5.48. The van der Waals surface area contributed by atoms with Gasteiger partial charge in [-0.15, -0.1) is 0 Å². The molecule has 0 aliphatic carbocycles. The number of carbonyl (C=O) groups is 1. The summed E-state index contributed by atoms with van der Waals surface area (Å²) in [5, 5.41) is 12.2. The molecule has 2 aromatic carbocycles. The number of hydrogen-bond acceptors (Lipinski definition) is 7. The van der Waals surface area contributed by atoms with Gasteiger partial charge in [-0.3, -0.25) is 5.10 Å². The van der Waals surface area contributed by atoms with E-state index < -0.39 is 5.60 Å². The van der Waals surface area contributed by atoms with Crippen molar-refractivity contribution in [3.8, 4) is 5.75 Å². The van der Waals surface area contributed by atoms with Crippen LogP contribution in [-0.2, 0) is 4.74 Å². The van der Waals surface area contributed by atoms with E-state index in [1.807, 2.05) is 51.1 Å². The molecular formula is C25H27BrN6O3. The normalized spacial score (nSPS) is 14.9. The minimum Gasteiger partial charge on any atom is -0.488 e. The molecule has 4 aromatic rings. The fourth-order valence-electron chi connectivity index (χ4n) is 4.03. The lowest BCUT2D eigenvalue weighted by Crippen LogP contribution is -2.44. The summed E-state index contributed by atoms with van der Waals surface area (Å²) in [6.07, 6.45) is 4.69. The summed E-state index contributed by atoms with van der Waals surface area (Å²) in [7, 11) is 0. The number of anilines is 2. The molecule has 3 heterocycles. The number of aromatic amines is 1. The Balaban J connectivity index is 1.32. The number of nitrogens with zero attached hydrogens (tertiary/aromatic N) is 4. The van der Waals surface area contributed by atoms with E-state index in [1.165, 1.54) is 0 Å². The molecule has 0 bridgehead atoms. The molecule has 5 rings (SSSR count). The molecule has 35 heavy (non-hydrogen) atoms. The first kappa shape index (κ1) is 23.3. The van der Waals surface area contributed by atoms with Crippen LogP contribution in [0.3, 0.4) is 0 Å². The molecule has 0 spiro atoms. The molecule has 1 fully saturated rings. The van der Waals surface area contributed by atoms with Crippen molar-refractivity contribution in [1.29, 1.82) is 0 Å². The van der Waals surface area contributed by atoms with Crippen LogP contribution in [0.25, 0.3) is 21.8 Å². The lowest BCUT2D eigenvalue weighted by atomic mass is 10.1. The first-order valence-electron chi connectivity index (χ1n) is 11.5. The Kier molecular flexibility index (Phi) is 6.22. The highest BCUT2D eigenvalue weighted by Gasteiger charge is 2.28. The van der Waals surface area contributed by atoms with E-state index in [-0.39, 0.29) is 12.2 Å². The third-order valence-electron chi connectivity index (χ3n) is 5.70. The van der Waals surface area contributed by atoms with E-state index in [4.69, 9.17) is 14.5 Å². The SMILES string of the molecule is CC(C)(C)OC(=O)N1CCC(Oc2cc(Br)cc3cnc(Nc4ccc5cn[nH]c5c4)nc23)CC1. The van der Waals surface area contributed by atoms with Crippen molar-refractivity contribution in [3.05, 3.63) is 47.2 Å². The van der Waals surface area contributed by atoms with Crippen molar-refractivity contribution in [3.63, 3.8) is 0 Å². The standard InChI is InChI=1S/C25H27BrN6O3/c1-25(2,3)35-24(33)32-8-6-19(7-9-32)34-21-11-17(26)10-16-13-27-23(30-22(16)21)29-18-5-4-15-14-28-31-20(15)12-18/h4-5,10-14,19H,6-9H2,1-3H3,(H,28,31)(H,27,29,30). The maximum absolute atomic E-state index is 12.4. The zero-order chi connectivity index (χ0) is 24.6. The maximum Gasteiger partial charge on any atom is 0.410 e. The van der Waals surface area contributed by atoms with Gasteiger partial charge in [-0.1, -0.05) is 15.9 Å². The maximum atomic E-state index is 12.4. The monoisotopic (exact) mass is 538 g/mol. The Morgan fingerprint density at radius 3 is 2.71 bits per heavy atom. The van der Waals surface area contributed by atoms with Gasteiger partial charge in [0.1, 0.15) is 23.0 Å². The van der Waals surface area contributed by atoms with E-state index in [1.54, 1.807) is 17.3 Å². The second kappa shape index (κ2) is 9.33. The highest BCUT2D eigenvalue weighted by atomic mass is 79.9. The van der Waals surface area contributed by atoms with Gasteiger partial charge in [0.05, 0.1) is 11.7 Å². The average Bonchev–Trinajstić information content (AvgIpc) is 3.27. The number of aromatic nitrogens is 4. The summed E-state index contributed by atoms with van der Waals surface area (Å²) in [5.41, 5.74) is 2.01. The number of benzene rings is 2. The van der Waals surface area contributed by atoms with Crippen molar-refractivity contribution in [2.75, 3.05) is 18.4 Å². The van der Waals surface area contributed by atoms with Gasteiger partial charge in [0.25, 0.3) is 0 Å². The van der Waals surface area contributed by atoms with Crippen LogP contribution in [0.1, 0.15) is 33.6 Å². The predicted octanol–water partition coefficient (Wildman–Crippen LogP) is 5.79. The van der Waals surface area contributed by atoms with E-state index >= 15 is 0 Å². The summed E-state index contributed by atoms with van der Waals surface area (Å²) in [5.74, 6) is 1.16. The molecule has 0 atom stereocenters. The number of rotatable bonds is 4. The molecular weight excluding hydrogens is 512 g/mol. The number of piperidine rings is 1. The molecule has 2 N–H and O–H groups in total. The molecule has 1 aliphatic heterocycles. The van der Waals surface area contributed by atoms with Crippen LogP contribution in [0, 0.1) is 0 Å². The number of ether oxygens (including phenoxy) is 2. The topological polar surface area (TPSA) is 105 Å². The van der Waals surface area contributed by atoms with Crippen LogP contribution >= 0.6 is 15.9 Å². The van der Waals surface area contributed by atoms with Crippen LogP contribution in [0.2, 0.25) is 0 Å². The summed E-state index contributed by atoms with van der Waals surface area (Å²) in [4.78, 5) is 23.3. The van der Waals surface area contributed by atoms with Gasteiger partial charge in [-0.2, -0.15) is 5.10 Å². The quantitative estimate of drug-likeness (QED) is 0.338. The van der Waals surface area contributed by atoms with Crippen molar-refractivity contribution in [1.82, 2.24) is 25.1 Å². The summed E-state index contributed by atoms with van der Waals surface area (Å²) < 4.78 is 12.8. The third-order valence-corrected chi connectivity index (χ3v) is 6.16. The Labute approximate surface area is 211 Å². The fraction of sp³-hybridized carbons (Fsp3) is 0.360. The molecule has 0 unspecified atom stereocenters. The molecule has 0 saturated carbocycles. The van der Waals surface area contributed by atoms with Gasteiger partial charge in [0.15, 0.2) is 0 Å². The number of H-pyrrole nitrogens is 1. The number of fused-ring (bicyclic) bond motifs is 2. The van der Waals surface area contributed by atoms with Crippen LogP contribution < -0.4 is 10.1 Å². The van der Waals surface area contributed by atoms with Crippen LogP contribution in [-0.4, -0.2) is 56.0 Å². The van der Waals surface area contributed by atoms with Crippen LogP contribution in [0.4, 0.5) is 16.4 Å². The van der Waals surface area contributed by atoms with E-state index in [0.29, 0.717) is 37.6 Å². The minimum atomic E-state index is -0.505. The Morgan fingerprint density at radius 1 is 1.14 bits per heavy atom. The smallest absolute Gasteiger partial charge is 0.410 e. The lowest BCUT2D eigenvalue weighted by Gasteiger charge is -2.33. The van der Waals surface area contributed by atoms with E-state index in [0.717, 1.165) is 32.0 Å². The van der Waals surface area contributed by atoms with Crippen molar-refractivity contribution >= 4 is 55.5 Å². The highest BCUT2D eigenvalue weighted by molar-refractivity contribution is 9.10. The molecule has 10 heteroatoms. The first-order valence-corrected chi connectivity index (χ1v) is 12.3. The van der Waals surface area contributed by atoms with E-state index in [2.05, 4.69) is 36.4 Å². The predicted molar refractivity (Wildman–Crippen MR) is 138 cm³/mol. The zero-order valence-corrected chi connectivity index (χ0v) is 21.4. The number of carbonyl (C=O) groups excluding carboxylic acids is 1. The fourth-order valence-corrected chi connectivity index (χ4v) is 4.49. The second-order valence-corrected chi connectivity index (χ2v) is 10.5. The van der Waals surface area contributed by atoms with Gasteiger partial charge < -0.3 is 19.7 Å².